The monoisotopic (exact) mass is 488 g/mol. The summed E-state index contributed by atoms with van der Waals surface area (Å²) in [6.07, 6.45) is 2.42. The van der Waals surface area contributed by atoms with E-state index in [-0.39, 0.29) is 12.0 Å². The number of fused-ring (bicyclic) bond motifs is 1. The molecule has 3 heterocycles. The van der Waals surface area contributed by atoms with Crippen LogP contribution in [0.5, 0.6) is 5.75 Å². The Morgan fingerprint density at radius 2 is 1.97 bits per heavy atom. The van der Waals surface area contributed by atoms with Gasteiger partial charge in [-0.1, -0.05) is 12.8 Å². The van der Waals surface area contributed by atoms with E-state index in [0.717, 1.165) is 34.8 Å². The van der Waals surface area contributed by atoms with Crippen LogP contribution in [0.3, 0.4) is 0 Å². The van der Waals surface area contributed by atoms with Crippen molar-refractivity contribution in [3.8, 4) is 17.6 Å². The molecule has 1 aliphatic heterocycles. The normalized spacial score (nSPS) is 14.2. The number of nitrogens with zero attached hydrogens (tertiary/aromatic N) is 5. The molecule has 1 aromatic carbocycles. The molecule has 1 saturated heterocycles. The molecule has 0 saturated carbocycles. The van der Waals surface area contributed by atoms with Crippen molar-refractivity contribution in [1.82, 2.24) is 19.9 Å². The first-order valence-corrected chi connectivity index (χ1v) is 12.1. The smallest absolute Gasteiger partial charge is 0.298 e. The molecule has 4 rings (SSSR count). The average molecular weight is 489 g/mol. The van der Waals surface area contributed by atoms with E-state index in [4.69, 9.17) is 14.5 Å². The lowest BCUT2D eigenvalue weighted by Gasteiger charge is -2.34. The van der Waals surface area contributed by atoms with Crippen molar-refractivity contribution >= 4 is 34.3 Å². The maximum atomic E-state index is 12.1. The molecule has 9 heteroatoms. The second-order valence-corrected chi connectivity index (χ2v) is 8.62. The summed E-state index contributed by atoms with van der Waals surface area (Å²) in [5.74, 6) is 7.46. The fraction of sp³-hybridized carbons (Fsp3) is 0.407. The number of hydrogen-bond acceptors (Lipinski definition) is 8. The van der Waals surface area contributed by atoms with Crippen LogP contribution in [-0.4, -0.2) is 71.8 Å². The van der Waals surface area contributed by atoms with Gasteiger partial charge in [-0.25, -0.2) is 15.0 Å². The number of aromatic nitrogens is 3. The second-order valence-electron chi connectivity index (χ2n) is 8.62. The highest BCUT2D eigenvalue weighted by Crippen LogP contribution is 2.28. The number of hydrogen-bond donors (Lipinski definition) is 1. The summed E-state index contributed by atoms with van der Waals surface area (Å²) in [6.45, 7) is 8.93. The molecule has 3 aromatic rings. The van der Waals surface area contributed by atoms with Crippen molar-refractivity contribution in [2.24, 2.45) is 0 Å². The lowest BCUT2D eigenvalue weighted by atomic mass is 10.2. The predicted octanol–water partition coefficient (Wildman–Crippen LogP) is 3.55. The summed E-state index contributed by atoms with van der Waals surface area (Å²) < 4.78 is 11.3. The molecule has 1 N–H and O–H groups in total. The third-order valence-electron chi connectivity index (χ3n) is 6.13. The SMILES string of the molecule is CC#CC(=O)N1CCN(c2ccc3ncnc(Nc4ccc(OC(CC)COC)c(C)c4)c3n2)CC1. The van der Waals surface area contributed by atoms with Crippen LogP contribution in [0.2, 0.25) is 0 Å². The Morgan fingerprint density at radius 1 is 1.17 bits per heavy atom. The molecule has 0 aliphatic carbocycles. The Labute approximate surface area is 211 Å². The van der Waals surface area contributed by atoms with Gasteiger partial charge in [0.15, 0.2) is 5.82 Å². The Balaban J connectivity index is 1.51. The van der Waals surface area contributed by atoms with Gasteiger partial charge in [-0.15, -0.1) is 0 Å². The van der Waals surface area contributed by atoms with Gasteiger partial charge in [0.2, 0.25) is 0 Å². The minimum atomic E-state index is -0.126. The number of carbonyl (C=O) groups excluding carboxylic acids is 1. The van der Waals surface area contributed by atoms with E-state index in [0.29, 0.717) is 44.1 Å². The quantitative estimate of drug-likeness (QED) is 0.481. The minimum Gasteiger partial charge on any atom is -0.488 e. The highest BCUT2D eigenvalue weighted by molar-refractivity contribution is 5.93. The first kappa shape index (κ1) is 25.2. The van der Waals surface area contributed by atoms with Gasteiger partial charge in [-0.2, -0.15) is 0 Å². The molecular weight excluding hydrogens is 456 g/mol. The molecule has 2 aromatic heterocycles. The predicted molar refractivity (Wildman–Crippen MR) is 141 cm³/mol. The van der Waals surface area contributed by atoms with Crippen molar-refractivity contribution in [3.63, 3.8) is 0 Å². The van der Waals surface area contributed by atoms with E-state index in [1.807, 2.05) is 37.3 Å². The number of benzene rings is 1. The van der Waals surface area contributed by atoms with Crippen LogP contribution >= 0.6 is 0 Å². The molecule has 188 valence electrons. The number of amides is 1. The van der Waals surface area contributed by atoms with Gasteiger partial charge in [0, 0.05) is 39.0 Å². The molecular formula is C27H32N6O3. The second kappa shape index (κ2) is 11.7. The summed E-state index contributed by atoms with van der Waals surface area (Å²) in [5, 5.41) is 3.39. The van der Waals surface area contributed by atoms with Crippen molar-refractivity contribution in [2.45, 2.75) is 33.3 Å². The van der Waals surface area contributed by atoms with Crippen molar-refractivity contribution in [2.75, 3.05) is 50.1 Å². The average Bonchev–Trinajstić information content (AvgIpc) is 2.90. The van der Waals surface area contributed by atoms with E-state index in [2.05, 4.69) is 38.9 Å². The molecule has 1 aliphatic rings. The maximum absolute atomic E-state index is 12.1. The Bertz CT molecular complexity index is 1280. The summed E-state index contributed by atoms with van der Waals surface area (Å²) >= 11 is 0. The summed E-state index contributed by atoms with van der Waals surface area (Å²) in [7, 11) is 1.68. The molecule has 1 atom stereocenters. The van der Waals surface area contributed by atoms with Crippen LogP contribution in [0.25, 0.3) is 11.0 Å². The zero-order chi connectivity index (χ0) is 25.5. The first-order valence-electron chi connectivity index (χ1n) is 12.1. The molecule has 0 spiro atoms. The first-order chi connectivity index (χ1) is 17.5. The van der Waals surface area contributed by atoms with E-state index in [9.17, 15) is 4.79 Å². The number of pyridine rings is 1. The van der Waals surface area contributed by atoms with Gasteiger partial charge >= 0.3 is 0 Å². The fourth-order valence-corrected chi connectivity index (χ4v) is 4.12. The number of methoxy groups -OCH3 is 1. The molecule has 0 radical (unpaired) electrons. The van der Waals surface area contributed by atoms with Crippen LogP contribution in [0.15, 0.2) is 36.7 Å². The summed E-state index contributed by atoms with van der Waals surface area (Å²) in [5.41, 5.74) is 3.34. The third kappa shape index (κ3) is 5.83. The van der Waals surface area contributed by atoms with Gasteiger partial charge < -0.3 is 24.6 Å². The molecule has 9 nitrogen and oxygen atoms in total. The number of piperazine rings is 1. The maximum Gasteiger partial charge on any atom is 0.298 e. The van der Waals surface area contributed by atoms with Crippen molar-refractivity contribution in [1.29, 1.82) is 0 Å². The van der Waals surface area contributed by atoms with Crippen LogP contribution < -0.4 is 15.0 Å². The van der Waals surface area contributed by atoms with Crippen molar-refractivity contribution < 1.29 is 14.3 Å². The number of ether oxygens (including phenoxy) is 2. The summed E-state index contributed by atoms with van der Waals surface area (Å²) in [4.78, 5) is 29.7. The number of aryl methyl sites for hydroxylation is 1. The molecule has 36 heavy (non-hydrogen) atoms. The Morgan fingerprint density at radius 3 is 2.67 bits per heavy atom. The lowest BCUT2D eigenvalue weighted by molar-refractivity contribution is -0.125. The molecule has 0 bridgehead atoms. The van der Waals surface area contributed by atoms with Gasteiger partial charge in [-0.05, 0) is 62.1 Å². The number of nitrogens with one attached hydrogen (secondary N) is 1. The van der Waals surface area contributed by atoms with Gasteiger partial charge in [0.1, 0.15) is 29.5 Å². The topological polar surface area (TPSA) is 92.7 Å². The van der Waals surface area contributed by atoms with Crippen LogP contribution in [0, 0.1) is 18.8 Å². The summed E-state index contributed by atoms with van der Waals surface area (Å²) in [6, 6.07) is 9.87. The lowest BCUT2D eigenvalue weighted by Crippen LogP contribution is -2.48. The molecule has 1 unspecified atom stereocenters. The number of anilines is 3. The molecule has 1 amide bonds. The Hall–Kier alpha value is -3.90. The zero-order valence-electron chi connectivity index (χ0n) is 21.2. The van der Waals surface area contributed by atoms with Crippen LogP contribution in [-0.2, 0) is 9.53 Å². The van der Waals surface area contributed by atoms with Gasteiger partial charge in [-0.3, -0.25) is 4.79 Å². The fourth-order valence-electron chi connectivity index (χ4n) is 4.12. The van der Waals surface area contributed by atoms with Gasteiger partial charge in [0.05, 0.1) is 12.1 Å². The third-order valence-corrected chi connectivity index (χ3v) is 6.13. The van der Waals surface area contributed by atoms with E-state index >= 15 is 0 Å². The van der Waals surface area contributed by atoms with Crippen molar-refractivity contribution in [3.05, 3.63) is 42.2 Å². The number of rotatable bonds is 8. The number of carbonyl (C=O) groups is 1. The minimum absolute atomic E-state index is 0.0144. The van der Waals surface area contributed by atoms with Gasteiger partial charge in [0.25, 0.3) is 5.91 Å². The standard InChI is InChI=1S/C27H32N6O3/c1-5-7-25(34)33-14-12-32(13-15-33)24-11-9-22-26(31-24)27(29-18-28-22)30-20-8-10-23(19(3)16-20)36-21(6-2)17-35-4/h8-11,16,18,21H,6,12-15,17H2,1-4H3,(H,28,29,30). The molecule has 1 fully saturated rings. The largest absolute Gasteiger partial charge is 0.488 e. The van der Waals surface area contributed by atoms with E-state index in [1.54, 1.807) is 18.9 Å². The highest BCUT2D eigenvalue weighted by Gasteiger charge is 2.21. The van der Waals surface area contributed by atoms with E-state index in [1.165, 1.54) is 6.33 Å². The zero-order valence-corrected chi connectivity index (χ0v) is 21.2. The van der Waals surface area contributed by atoms with Crippen LogP contribution in [0.1, 0.15) is 25.8 Å². The Kier molecular flexibility index (Phi) is 8.18. The van der Waals surface area contributed by atoms with E-state index < -0.39 is 0 Å². The van der Waals surface area contributed by atoms with Crippen LogP contribution in [0.4, 0.5) is 17.3 Å². The highest BCUT2D eigenvalue weighted by atomic mass is 16.5.